The Balaban J connectivity index is 1.91. The van der Waals surface area contributed by atoms with Gasteiger partial charge < -0.3 is 15.9 Å². The molecule has 4 nitrogen and oxygen atoms in total. The highest BCUT2D eigenvalue weighted by atomic mass is 16.4. The van der Waals surface area contributed by atoms with Gasteiger partial charge in [0, 0.05) is 5.41 Å². The number of aliphatic hydroxyl groups excluding tert-OH is 1. The molecule has 0 aliphatic carbocycles. The highest BCUT2D eigenvalue weighted by molar-refractivity contribution is 5.76. The largest absolute Gasteiger partial charge is 0.480 e. The summed E-state index contributed by atoms with van der Waals surface area (Å²) in [4.78, 5) is 11.2. The van der Waals surface area contributed by atoms with Gasteiger partial charge in [0.25, 0.3) is 0 Å². The number of carboxylic acid groups (broad SMARTS) is 1. The highest BCUT2D eigenvalue weighted by Gasteiger charge is 2.31. The van der Waals surface area contributed by atoms with Gasteiger partial charge in [-0.05, 0) is 89.5 Å². The van der Waals surface area contributed by atoms with Gasteiger partial charge in [-0.15, -0.1) is 0 Å². The molecule has 3 aromatic carbocycles. The highest BCUT2D eigenvalue weighted by Crippen LogP contribution is 2.41. The summed E-state index contributed by atoms with van der Waals surface area (Å²) >= 11 is 0. The van der Waals surface area contributed by atoms with Crippen LogP contribution in [0, 0.1) is 19.3 Å². The van der Waals surface area contributed by atoms with Gasteiger partial charge in [-0.2, -0.15) is 0 Å². The first kappa shape index (κ1) is 29.6. The number of aliphatic carboxylic acids is 1. The molecular weight excluding hydrogens is 470 g/mol. The Morgan fingerprint density at radius 2 is 1.42 bits per heavy atom. The zero-order chi connectivity index (χ0) is 28.3. The van der Waals surface area contributed by atoms with E-state index in [9.17, 15) is 15.0 Å². The van der Waals surface area contributed by atoms with Crippen LogP contribution < -0.4 is 5.73 Å². The molecule has 0 saturated heterocycles. The number of hydrogen-bond acceptors (Lipinski definition) is 3. The smallest absolute Gasteiger partial charge is 0.325 e. The van der Waals surface area contributed by atoms with Gasteiger partial charge in [0.2, 0.25) is 0 Å². The number of carboxylic acids is 1. The van der Waals surface area contributed by atoms with E-state index in [1.807, 2.05) is 12.1 Å². The molecule has 2 atom stereocenters. The fourth-order valence-electron chi connectivity index (χ4n) is 5.53. The summed E-state index contributed by atoms with van der Waals surface area (Å²) in [6, 6.07) is 20.1. The SMILES string of the molecule is CCC(CC)(c1ccc(CCC(O)C(C)(C)C)c(C)c1)c1ccc(-c2ccc(C(N)C(=O)O)cc2)c(C)c1. The van der Waals surface area contributed by atoms with Crippen LogP contribution in [0.25, 0.3) is 11.1 Å². The second-order valence-electron chi connectivity index (χ2n) is 11.8. The minimum Gasteiger partial charge on any atom is -0.480 e. The molecule has 38 heavy (non-hydrogen) atoms. The van der Waals surface area contributed by atoms with Gasteiger partial charge in [0.05, 0.1) is 6.10 Å². The molecule has 4 heteroatoms. The zero-order valence-electron chi connectivity index (χ0n) is 24.1. The van der Waals surface area contributed by atoms with Crippen molar-refractivity contribution in [3.05, 3.63) is 94.0 Å². The average molecular weight is 516 g/mol. The molecule has 4 N–H and O–H groups in total. The van der Waals surface area contributed by atoms with E-state index in [-0.39, 0.29) is 16.9 Å². The molecule has 0 fully saturated rings. The second kappa shape index (κ2) is 11.8. The Hall–Kier alpha value is -2.95. The lowest BCUT2D eigenvalue weighted by Gasteiger charge is -2.34. The lowest BCUT2D eigenvalue weighted by Crippen LogP contribution is -2.27. The Morgan fingerprint density at radius 3 is 1.89 bits per heavy atom. The molecule has 0 bridgehead atoms. The van der Waals surface area contributed by atoms with E-state index >= 15 is 0 Å². The number of hydrogen-bond donors (Lipinski definition) is 3. The first-order valence-electron chi connectivity index (χ1n) is 13.8. The molecule has 0 amide bonds. The summed E-state index contributed by atoms with van der Waals surface area (Å²) in [5, 5.41) is 19.7. The number of benzene rings is 3. The van der Waals surface area contributed by atoms with E-state index in [1.165, 1.54) is 27.8 Å². The number of carbonyl (C=O) groups is 1. The predicted octanol–water partition coefficient (Wildman–Crippen LogP) is 7.50. The molecule has 3 rings (SSSR count). The van der Waals surface area contributed by atoms with Crippen LogP contribution >= 0.6 is 0 Å². The number of rotatable bonds is 10. The zero-order valence-corrected chi connectivity index (χ0v) is 24.1. The molecule has 0 heterocycles. The first-order chi connectivity index (χ1) is 17.8. The third-order valence-electron chi connectivity index (χ3n) is 8.41. The third-order valence-corrected chi connectivity index (χ3v) is 8.41. The lowest BCUT2D eigenvalue weighted by molar-refractivity contribution is -0.138. The molecular formula is C34H45NO3. The van der Waals surface area contributed by atoms with E-state index < -0.39 is 12.0 Å². The van der Waals surface area contributed by atoms with Crippen LogP contribution in [0.3, 0.4) is 0 Å². The Bertz CT molecular complexity index is 1250. The normalized spacial score (nSPS) is 13.8. The number of aryl methyl sites for hydroxylation is 3. The van der Waals surface area contributed by atoms with E-state index in [1.54, 1.807) is 12.1 Å². The first-order valence-corrected chi connectivity index (χ1v) is 13.8. The predicted molar refractivity (Wildman–Crippen MR) is 158 cm³/mol. The van der Waals surface area contributed by atoms with E-state index in [4.69, 9.17) is 5.73 Å². The maximum Gasteiger partial charge on any atom is 0.325 e. The molecule has 204 valence electrons. The summed E-state index contributed by atoms with van der Waals surface area (Å²) in [5.41, 5.74) is 14.8. The quantitative estimate of drug-likeness (QED) is 0.261. The topological polar surface area (TPSA) is 83.5 Å². The summed E-state index contributed by atoms with van der Waals surface area (Å²) < 4.78 is 0. The number of aliphatic hydroxyl groups is 1. The van der Waals surface area contributed by atoms with Crippen molar-refractivity contribution in [3.63, 3.8) is 0 Å². The molecule has 0 saturated carbocycles. The van der Waals surface area contributed by atoms with E-state index in [0.717, 1.165) is 36.8 Å². The van der Waals surface area contributed by atoms with Gasteiger partial charge in [-0.25, -0.2) is 0 Å². The van der Waals surface area contributed by atoms with Gasteiger partial charge >= 0.3 is 5.97 Å². The Kier molecular flexibility index (Phi) is 9.22. The molecule has 0 aromatic heterocycles. The molecule has 3 aromatic rings. The maximum atomic E-state index is 11.2. The van der Waals surface area contributed by atoms with Crippen LogP contribution in [-0.2, 0) is 16.6 Å². The average Bonchev–Trinajstić information content (AvgIpc) is 2.88. The van der Waals surface area contributed by atoms with Crippen molar-refractivity contribution in [1.29, 1.82) is 0 Å². The van der Waals surface area contributed by atoms with Gasteiger partial charge in [-0.1, -0.05) is 95.3 Å². The molecule has 2 unspecified atom stereocenters. The monoisotopic (exact) mass is 515 g/mol. The molecule has 0 aliphatic rings. The summed E-state index contributed by atoms with van der Waals surface area (Å²) in [6.07, 6.45) is 3.30. The van der Waals surface area contributed by atoms with Crippen molar-refractivity contribution in [2.24, 2.45) is 11.1 Å². The van der Waals surface area contributed by atoms with Crippen LogP contribution in [-0.4, -0.2) is 22.3 Å². The van der Waals surface area contributed by atoms with Crippen LogP contribution in [0.4, 0.5) is 0 Å². The fraction of sp³-hybridized carbons (Fsp3) is 0.441. The van der Waals surface area contributed by atoms with Crippen molar-refractivity contribution in [1.82, 2.24) is 0 Å². The lowest BCUT2D eigenvalue weighted by atomic mass is 9.69. The van der Waals surface area contributed by atoms with Gasteiger partial charge in [0.15, 0.2) is 0 Å². The van der Waals surface area contributed by atoms with Crippen molar-refractivity contribution < 1.29 is 15.0 Å². The van der Waals surface area contributed by atoms with Crippen LogP contribution in [0.1, 0.15) is 93.3 Å². The van der Waals surface area contributed by atoms with Crippen LogP contribution in [0.5, 0.6) is 0 Å². The van der Waals surface area contributed by atoms with Crippen molar-refractivity contribution in [3.8, 4) is 11.1 Å². The molecule has 0 aliphatic heterocycles. The summed E-state index contributed by atoms with van der Waals surface area (Å²) in [7, 11) is 0. The Labute approximate surface area is 228 Å². The van der Waals surface area contributed by atoms with E-state index in [0.29, 0.717) is 5.56 Å². The minimum atomic E-state index is -1.03. The van der Waals surface area contributed by atoms with Crippen molar-refractivity contribution in [2.45, 2.75) is 91.7 Å². The van der Waals surface area contributed by atoms with Crippen molar-refractivity contribution in [2.75, 3.05) is 0 Å². The Morgan fingerprint density at radius 1 is 0.868 bits per heavy atom. The summed E-state index contributed by atoms with van der Waals surface area (Å²) in [5.74, 6) is -1.03. The third kappa shape index (κ3) is 6.19. The van der Waals surface area contributed by atoms with Crippen LogP contribution in [0.2, 0.25) is 0 Å². The van der Waals surface area contributed by atoms with Crippen LogP contribution in [0.15, 0.2) is 60.7 Å². The second-order valence-corrected chi connectivity index (χ2v) is 11.8. The van der Waals surface area contributed by atoms with E-state index in [2.05, 4.69) is 84.9 Å². The number of nitrogens with two attached hydrogens (primary N) is 1. The van der Waals surface area contributed by atoms with Crippen molar-refractivity contribution >= 4 is 5.97 Å². The molecule has 0 radical (unpaired) electrons. The minimum absolute atomic E-state index is 0.0877. The standard InChI is InChI=1S/C34H45NO3/c1-8-34(9-2,27-16-14-24(22(3)20-27)15-19-30(36)33(5,6)7)28-17-18-29(23(4)21-28)25-10-12-26(13-11-25)31(35)32(37)38/h10-14,16-18,20-21,30-31,36H,8-9,15,19,35H2,1-7H3,(H,37,38). The fourth-order valence-corrected chi connectivity index (χ4v) is 5.53. The maximum absolute atomic E-state index is 11.2. The molecule has 0 spiro atoms. The van der Waals surface area contributed by atoms with Gasteiger partial charge in [0.1, 0.15) is 6.04 Å². The van der Waals surface area contributed by atoms with Gasteiger partial charge in [-0.3, -0.25) is 4.79 Å². The summed E-state index contributed by atoms with van der Waals surface area (Å²) in [6.45, 7) is 15.1.